The van der Waals surface area contributed by atoms with Crippen molar-refractivity contribution < 1.29 is 9.53 Å². The van der Waals surface area contributed by atoms with Crippen LogP contribution in [0.2, 0.25) is 5.02 Å². The van der Waals surface area contributed by atoms with Gasteiger partial charge in [0.2, 0.25) is 0 Å². The molecule has 7 heteroatoms. The molecule has 0 aliphatic rings. The molecule has 0 saturated heterocycles. The summed E-state index contributed by atoms with van der Waals surface area (Å²) in [5, 5.41) is 1.06. The Kier molecular flexibility index (Phi) is 5.47. The third-order valence-corrected chi connectivity index (χ3v) is 5.97. The molecule has 2 aromatic heterocycles. The Balaban J connectivity index is 1.62. The van der Waals surface area contributed by atoms with Crippen LogP contribution in [-0.4, -0.2) is 15.5 Å². The van der Waals surface area contributed by atoms with E-state index in [1.165, 1.54) is 22.2 Å². The molecule has 0 bridgehead atoms. The number of rotatable bonds is 5. The number of fused-ring (bicyclic) bond motifs is 1. The van der Waals surface area contributed by atoms with E-state index < -0.39 is 5.97 Å². The van der Waals surface area contributed by atoms with Crippen molar-refractivity contribution >= 4 is 39.1 Å². The first-order chi connectivity index (χ1) is 14.0. The lowest BCUT2D eigenvalue weighted by Crippen LogP contribution is -2.21. The smallest absolute Gasteiger partial charge is 0.349 e. The number of ether oxygens (including phenoxy) is 1. The number of aryl methyl sites for hydroxylation is 1. The summed E-state index contributed by atoms with van der Waals surface area (Å²) in [7, 11) is 0. The van der Waals surface area contributed by atoms with E-state index in [1.54, 1.807) is 13.0 Å². The first kappa shape index (κ1) is 19.4. The van der Waals surface area contributed by atoms with Crippen LogP contribution in [-0.2, 0) is 17.9 Å². The van der Waals surface area contributed by atoms with Gasteiger partial charge in [-0.15, -0.1) is 11.3 Å². The maximum Gasteiger partial charge on any atom is 0.349 e. The molecular formula is C22H17ClN2O3S. The van der Waals surface area contributed by atoms with Gasteiger partial charge in [0, 0.05) is 5.02 Å². The highest BCUT2D eigenvalue weighted by Gasteiger charge is 2.20. The second kappa shape index (κ2) is 8.19. The summed E-state index contributed by atoms with van der Waals surface area (Å²) in [6.07, 6.45) is 1.50. The van der Waals surface area contributed by atoms with Crippen LogP contribution >= 0.6 is 22.9 Å². The fourth-order valence-corrected chi connectivity index (χ4v) is 4.33. The molecule has 146 valence electrons. The second-order valence-electron chi connectivity index (χ2n) is 6.61. The number of esters is 1. The highest BCUT2D eigenvalue weighted by molar-refractivity contribution is 7.20. The van der Waals surface area contributed by atoms with Crippen molar-refractivity contribution in [2.75, 3.05) is 0 Å². The summed E-state index contributed by atoms with van der Waals surface area (Å²) in [4.78, 5) is 30.9. The Morgan fingerprint density at radius 3 is 2.66 bits per heavy atom. The fourth-order valence-electron chi connectivity index (χ4n) is 3.09. The molecule has 0 unspecified atom stereocenters. The molecular weight excluding hydrogens is 408 g/mol. The quantitative estimate of drug-likeness (QED) is 0.431. The maximum absolute atomic E-state index is 13.0. The number of aromatic nitrogens is 2. The van der Waals surface area contributed by atoms with E-state index in [1.807, 2.05) is 48.5 Å². The van der Waals surface area contributed by atoms with Gasteiger partial charge in [-0.3, -0.25) is 9.36 Å². The Hall–Kier alpha value is -2.96. The average molecular weight is 425 g/mol. The summed E-state index contributed by atoms with van der Waals surface area (Å²) in [6.45, 7) is 2.29. The van der Waals surface area contributed by atoms with Crippen molar-refractivity contribution in [3.63, 3.8) is 0 Å². The summed E-state index contributed by atoms with van der Waals surface area (Å²) >= 11 is 7.21. The third-order valence-electron chi connectivity index (χ3n) is 4.56. The Labute approximate surface area is 176 Å². The fraction of sp³-hybridized carbons (Fsp3) is 0.136. The molecule has 5 nitrogen and oxygen atoms in total. The Morgan fingerprint density at radius 1 is 1.14 bits per heavy atom. The van der Waals surface area contributed by atoms with E-state index >= 15 is 0 Å². The predicted octanol–water partition coefficient (Wildman–Crippen LogP) is 4.83. The zero-order chi connectivity index (χ0) is 20.4. The van der Waals surface area contributed by atoms with Gasteiger partial charge in [-0.2, -0.15) is 0 Å². The van der Waals surface area contributed by atoms with Crippen molar-refractivity contribution in [1.82, 2.24) is 9.55 Å². The first-order valence-corrected chi connectivity index (χ1v) is 10.2. The lowest BCUT2D eigenvalue weighted by atomic mass is 10.2. The molecule has 2 aromatic carbocycles. The molecule has 0 spiro atoms. The molecule has 0 atom stereocenters. The molecule has 4 rings (SSSR count). The van der Waals surface area contributed by atoms with Gasteiger partial charge in [0.05, 0.1) is 18.3 Å². The Bertz CT molecular complexity index is 1250. The van der Waals surface area contributed by atoms with Gasteiger partial charge < -0.3 is 4.74 Å². The number of hydrogen-bond acceptors (Lipinski definition) is 5. The zero-order valence-corrected chi connectivity index (χ0v) is 17.2. The number of thiophene rings is 1. The minimum absolute atomic E-state index is 0.180. The normalized spacial score (nSPS) is 11.0. The van der Waals surface area contributed by atoms with Crippen molar-refractivity contribution in [1.29, 1.82) is 0 Å². The van der Waals surface area contributed by atoms with Crippen LogP contribution in [0.15, 0.2) is 65.7 Å². The lowest BCUT2D eigenvalue weighted by molar-refractivity contribution is 0.0478. The van der Waals surface area contributed by atoms with Crippen LogP contribution in [0.4, 0.5) is 0 Å². The van der Waals surface area contributed by atoms with Gasteiger partial charge in [0.1, 0.15) is 16.3 Å². The molecule has 4 aromatic rings. The summed E-state index contributed by atoms with van der Waals surface area (Å²) < 4.78 is 6.94. The standard InChI is InChI=1S/C22H17ClN2O3S/c1-14-18-20(29-19(14)22(27)28-12-15-6-3-2-4-7-15)24-13-25(21(18)26)11-16-8-5-9-17(23)10-16/h2-10,13H,11-12H2,1H3. The van der Waals surface area contributed by atoms with E-state index in [-0.39, 0.29) is 12.2 Å². The zero-order valence-electron chi connectivity index (χ0n) is 15.6. The molecule has 0 radical (unpaired) electrons. The number of nitrogens with zero attached hydrogens (tertiary/aromatic N) is 2. The summed E-state index contributed by atoms with van der Waals surface area (Å²) in [6, 6.07) is 16.8. The van der Waals surface area contributed by atoms with E-state index in [2.05, 4.69) is 4.98 Å². The minimum Gasteiger partial charge on any atom is -0.457 e. The SMILES string of the molecule is Cc1c(C(=O)OCc2ccccc2)sc2ncn(Cc3cccc(Cl)c3)c(=O)c12. The van der Waals surface area contributed by atoms with E-state index in [0.717, 1.165) is 11.1 Å². The number of halogens is 1. The van der Waals surface area contributed by atoms with E-state index in [9.17, 15) is 9.59 Å². The number of carbonyl (C=O) groups is 1. The highest BCUT2D eigenvalue weighted by atomic mass is 35.5. The predicted molar refractivity (Wildman–Crippen MR) is 115 cm³/mol. The van der Waals surface area contributed by atoms with Gasteiger partial charge >= 0.3 is 5.97 Å². The minimum atomic E-state index is -0.449. The maximum atomic E-state index is 13.0. The van der Waals surface area contributed by atoms with Crippen molar-refractivity contribution in [3.8, 4) is 0 Å². The molecule has 0 aliphatic heterocycles. The molecule has 0 aliphatic carbocycles. The van der Waals surface area contributed by atoms with E-state index in [4.69, 9.17) is 16.3 Å². The first-order valence-electron chi connectivity index (χ1n) is 8.97. The number of benzene rings is 2. The van der Waals surface area contributed by atoms with Crippen molar-refractivity contribution in [2.45, 2.75) is 20.1 Å². The monoisotopic (exact) mass is 424 g/mol. The van der Waals surface area contributed by atoms with Crippen LogP contribution in [0.5, 0.6) is 0 Å². The van der Waals surface area contributed by atoms with Crippen LogP contribution in [0.25, 0.3) is 10.2 Å². The average Bonchev–Trinajstić information content (AvgIpc) is 3.06. The Morgan fingerprint density at radius 2 is 1.90 bits per heavy atom. The molecule has 0 amide bonds. The van der Waals surface area contributed by atoms with Crippen molar-refractivity contribution in [3.05, 3.63) is 97.9 Å². The van der Waals surface area contributed by atoms with Crippen LogP contribution in [0.3, 0.4) is 0 Å². The van der Waals surface area contributed by atoms with Crippen LogP contribution < -0.4 is 5.56 Å². The van der Waals surface area contributed by atoms with Gasteiger partial charge in [-0.1, -0.05) is 54.1 Å². The van der Waals surface area contributed by atoms with Crippen LogP contribution in [0.1, 0.15) is 26.4 Å². The number of carbonyl (C=O) groups excluding carboxylic acids is 1. The largest absolute Gasteiger partial charge is 0.457 e. The molecule has 0 saturated carbocycles. The van der Waals surface area contributed by atoms with Gasteiger partial charge in [-0.05, 0) is 35.7 Å². The van der Waals surface area contributed by atoms with Gasteiger partial charge in [0.25, 0.3) is 5.56 Å². The lowest BCUT2D eigenvalue weighted by Gasteiger charge is -2.06. The van der Waals surface area contributed by atoms with Gasteiger partial charge in [-0.25, -0.2) is 9.78 Å². The molecule has 0 fully saturated rings. The number of hydrogen-bond donors (Lipinski definition) is 0. The second-order valence-corrected chi connectivity index (χ2v) is 8.04. The van der Waals surface area contributed by atoms with Crippen LogP contribution in [0, 0.1) is 6.92 Å². The van der Waals surface area contributed by atoms with E-state index in [0.29, 0.717) is 32.2 Å². The summed E-state index contributed by atoms with van der Waals surface area (Å²) in [5.74, 6) is -0.449. The molecule has 29 heavy (non-hydrogen) atoms. The van der Waals surface area contributed by atoms with Crippen molar-refractivity contribution in [2.24, 2.45) is 0 Å². The third kappa shape index (κ3) is 4.09. The van der Waals surface area contributed by atoms with Gasteiger partial charge in [0.15, 0.2) is 0 Å². The molecule has 2 heterocycles. The topological polar surface area (TPSA) is 61.2 Å². The highest BCUT2D eigenvalue weighted by Crippen LogP contribution is 2.28. The molecule has 0 N–H and O–H groups in total. The summed E-state index contributed by atoms with van der Waals surface area (Å²) in [5.41, 5.74) is 2.21.